The lowest BCUT2D eigenvalue weighted by atomic mass is 10.1. The Hall–Kier alpha value is -2.24. The third-order valence-electron chi connectivity index (χ3n) is 3.70. The minimum Gasteiger partial charge on any atom is -0.444 e. The standard InChI is InChI=1S/C16H21F5N4O3/c1-9-10(5-23-12-7-22-6-11(24-12)16(19,20)21)25(8-15(17,18)27-9)13(26)28-14(2,3)4/h6-7,9-10H,5,8H2,1-4H3,(H,23,24)/t9-,10+/m0/s1. The zero-order valence-electron chi connectivity index (χ0n) is 15.7. The molecule has 0 spiro atoms. The van der Waals surface area contributed by atoms with Gasteiger partial charge < -0.3 is 14.8 Å². The van der Waals surface area contributed by atoms with Crippen molar-refractivity contribution in [2.75, 3.05) is 18.4 Å². The van der Waals surface area contributed by atoms with Crippen molar-refractivity contribution in [2.24, 2.45) is 0 Å². The first-order valence-electron chi connectivity index (χ1n) is 8.36. The second-order valence-electron chi connectivity index (χ2n) is 7.30. The molecule has 7 nitrogen and oxygen atoms in total. The highest BCUT2D eigenvalue weighted by atomic mass is 19.4. The molecule has 1 aromatic heterocycles. The van der Waals surface area contributed by atoms with E-state index in [0.717, 1.165) is 11.1 Å². The molecule has 1 aliphatic heterocycles. The lowest BCUT2D eigenvalue weighted by Crippen LogP contribution is -2.61. The maximum Gasteiger partial charge on any atom is 0.434 e. The van der Waals surface area contributed by atoms with Crippen molar-refractivity contribution in [1.82, 2.24) is 14.9 Å². The van der Waals surface area contributed by atoms with Crippen LogP contribution in [0.4, 0.5) is 32.6 Å². The van der Waals surface area contributed by atoms with Crippen LogP contribution in [0.3, 0.4) is 0 Å². The van der Waals surface area contributed by atoms with Crippen molar-refractivity contribution in [2.45, 2.75) is 57.7 Å². The average molecular weight is 412 g/mol. The van der Waals surface area contributed by atoms with Crippen LogP contribution in [0.1, 0.15) is 33.4 Å². The van der Waals surface area contributed by atoms with Gasteiger partial charge in [-0.25, -0.2) is 9.78 Å². The molecule has 1 amide bonds. The number of carbonyl (C=O) groups is 1. The summed E-state index contributed by atoms with van der Waals surface area (Å²) < 4.78 is 75.5. The number of carbonyl (C=O) groups excluding carboxylic acids is 1. The smallest absolute Gasteiger partial charge is 0.434 e. The molecule has 2 atom stereocenters. The second-order valence-corrected chi connectivity index (χ2v) is 7.30. The Balaban J connectivity index is 2.17. The van der Waals surface area contributed by atoms with Crippen LogP contribution in [-0.4, -0.2) is 57.9 Å². The van der Waals surface area contributed by atoms with E-state index in [1.165, 1.54) is 6.92 Å². The highest BCUT2D eigenvalue weighted by molar-refractivity contribution is 5.69. The molecule has 1 saturated heterocycles. The molecular weight excluding hydrogens is 391 g/mol. The number of morpholine rings is 1. The Morgan fingerprint density at radius 3 is 2.57 bits per heavy atom. The summed E-state index contributed by atoms with van der Waals surface area (Å²) in [5.41, 5.74) is -2.13. The Morgan fingerprint density at radius 2 is 2.00 bits per heavy atom. The molecule has 0 saturated carbocycles. The van der Waals surface area contributed by atoms with E-state index in [9.17, 15) is 26.7 Å². The van der Waals surface area contributed by atoms with Gasteiger partial charge in [-0.2, -0.15) is 22.0 Å². The fourth-order valence-corrected chi connectivity index (χ4v) is 2.55. The number of aromatic nitrogens is 2. The van der Waals surface area contributed by atoms with Crippen LogP contribution in [0.15, 0.2) is 12.4 Å². The molecule has 1 fully saturated rings. The lowest BCUT2D eigenvalue weighted by Gasteiger charge is -2.43. The van der Waals surface area contributed by atoms with Crippen molar-refractivity contribution < 1.29 is 36.2 Å². The number of halogens is 5. The van der Waals surface area contributed by atoms with Gasteiger partial charge in [-0.3, -0.25) is 9.88 Å². The second kappa shape index (κ2) is 7.64. The van der Waals surface area contributed by atoms with Crippen LogP contribution in [0, 0.1) is 0 Å². The Bertz CT molecular complexity index is 708. The molecule has 12 heteroatoms. The van der Waals surface area contributed by atoms with Crippen LogP contribution in [0.5, 0.6) is 0 Å². The van der Waals surface area contributed by atoms with Crippen molar-refractivity contribution in [1.29, 1.82) is 0 Å². The van der Waals surface area contributed by atoms with E-state index < -0.39 is 48.4 Å². The SMILES string of the molecule is C[C@@H]1OC(F)(F)CN(C(=O)OC(C)(C)C)[C@@H]1CNc1cncc(C(F)(F)F)n1. The van der Waals surface area contributed by atoms with Crippen molar-refractivity contribution in [3.8, 4) is 0 Å². The van der Waals surface area contributed by atoms with Gasteiger partial charge in [0.15, 0.2) is 5.69 Å². The van der Waals surface area contributed by atoms with Gasteiger partial charge in [0.25, 0.3) is 0 Å². The van der Waals surface area contributed by atoms with E-state index in [-0.39, 0.29) is 12.4 Å². The Labute approximate surface area is 158 Å². The summed E-state index contributed by atoms with van der Waals surface area (Å²) in [6.45, 7) is 4.82. The molecular formula is C16H21F5N4O3. The topological polar surface area (TPSA) is 76.6 Å². The van der Waals surface area contributed by atoms with Gasteiger partial charge in [0, 0.05) is 6.54 Å². The third-order valence-corrected chi connectivity index (χ3v) is 3.70. The van der Waals surface area contributed by atoms with Gasteiger partial charge in [0.05, 0.1) is 24.5 Å². The minimum absolute atomic E-state index is 0.202. The van der Waals surface area contributed by atoms with Gasteiger partial charge in [-0.1, -0.05) is 0 Å². The molecule has 0 radical (unpaired) electrons. The van der Waals surface area contributed by atoms with E-state index in [1.807, 2.05) is 0 Å². The van der Waals surface area contributed by atoms with Crippen molar-refractivity contribution >= 4 is 11.9 Å². The van der Waals surface area contributed by atoms with E-state index in [2.05, 4.69) is 20.0 Å². The molecule has 158 valence electrons. The number of hydrogen-bond acceptors (Lipinski definition) is 6. The summed E-state index contributed by atoms with van der Waals surface area (Å²) >= 11 is 0. The molecule has 28 heavy (non-hydrogen) atoms. The van der Waals surface area contributed by atoms with Crippen LogP contribution in [-0.2, 0) is 15.7 Å². The van der Waals surface area contributed by atoms with E-state index in [1.54, 1.807) is 20.8 Å². The number of nitrogens with one attached hydrogen (secondary N) is 1. The number of rotatable bonds is 3. The quantitative estimate of drug-likeness (QED) is 0.766. The highest BCUT2D eigenvalue weighted by Crippen LogP contribution is 2.31. The van der Waals surface area contributed by atoms with Gasteiger partial charge >= 0.3 is 18.4 Å². The average Bonchev–Trinajstić information content (AvgIpc) is 2.50. The van der Waals surface area contributed by atoms with E-state index in [4.69, 9.17) is 4.74 Å². The Morgan fingerprint density at radius 1 is 1.36 bits per heavy atom. The van der Waals surface area contributed by atoms with Gasteiger partial charge in [0.1, 0.15) is 18.0 Å². The number of ether oxygens (including phenoxy) is 2. The summed E-state index contributed by atoms with van der Waals surface area (Å²) in [5, 5.41) is 2.58. The fourth-order valence-electron chi connectivity index (χ4n) is 2.55. The lowest BCUT2D eigenvalue weighted by molar-refractivity contribution is -0.300. The van der Waals surface area contributed by atoms with Crippen LogP contribution in [0.25, 0.3) is 0 Å². The third kappa shape index (κ3) is 5.88. The molecule has 2 heterocycles. The maximum absolute atomic E-state index is 13.8. The summed E-state index contributed by atoms with van der Waals surface area (Å²) in [7, 11) is 0. The first-order chi connectivity index (χ1) is 12.7. The van der Waals surface area contributed by atoms with E-state index in [0.29, 0.717) is 6.20 Å². The molecule has 0 aromatic carbocycles. The summed E-state index contributed by atoms with van der Waals surface area (Å²) in [5.74, 6) is -0.219. The maximum atomic E-state index is 13.8. The largest absolute Gasteiger partial charge is 0.444 e. The number of nitrogens with zero attached hydrogens (tertiary/aromatic N) is 3. The zero-order chi connectivity index (χ0) is 21.3. The van der Waals surface area contributed by atoms with Crippen molar-refractivity contribution in [3.05, 3.63) is 18.1 Å². The monoisotopic (exact) mass is 412 g/mol. The number of anilines is 1. The summed E-state index contributed by atoms with van der Waals surface area (Å²) in [6, 6.07) is -0.939. The van der Waals surface area contributed by atoms with Gasteiger partial charge in [-0.15, -0.1) is 0 Å². The number of alkyl halides is 5. The molecule has 0 bridgehead atoms. The van der Waals surface area contributed by atoms with Crippen LogP contribution in [0.2, 0.25) is 0 Å². The van der Waals surface area contributed by atoms with Gasteiger partial charge in [-0.05, 0) is 27.7 Å². The molecule has 0 unspecified atom stereocenters. The van der Waals surface area contributed by atoms with Crippen LogP contribution >= 0.6 is 0 Å². The molecule has 2 rings (SSSR count). The predicted molar refractivity (Wildman–Crippen MR) is 87.7 cm³/mol. The molecule has 1 N–H and O–H groups in total. The number of hydrogen-bond donors (Lipinski definition) is 1. The minimum atomic E-state index is -4.68. The van der Waals surface area contributed by atoms with Crippen LogP contribution < -0.4 is 5.32 Å². The Kier molecular flexibility index (Phi) is 6.02. The molecule has 1 aliphatic rings. The van der Waals surface area contributed by atoms with Gasteiger partial charge in [0.2, 0.25) is 0 Å². The summed E-state index contributed by atoms with van der Waals surface area (Å²) in [4.78, 5) is 20.0. The first kappa shape index (κ1) is 22.1. The summed E-state index contributed by atoms with van der Waals surface area (Å²) in [6.07, 6.45) is -8.76. The number of amides is 1. The fraction of sp³-hybridized carbons (Fsp3) is 0.688. The molecule has 0 aliphatic carbocycles. The normalized spacial score (nSPS) is 22.7. The highest BCUT2D eigenvalue weighted by Gasteiger charge is 2.48. The first-order valence-corrected chi connectivity index (χ1v) is 8.36. The molecule has 1 aromatic rings. The van der Waals surface area contributed by atoms with Crippen molar-refractivity contribution in [3.63, 3.8) is 0 Å². The van der Waals surface area contributed by atoms with E-state index >= 15 is 0 Å². The zero-order valence-corrected chi connectivity index (χ0v) is 15.7. The predicted octanol–water partition coefficient (Wildman–Crippen LogP) is 3.52.